The molecule has 1 aliphatic carbocycles. The van der Waals surface area contributed by atoms with E-state index in [9.17, 15) is 14.3 Å². The number of aliphatic carboxylic acids is 1. The minimum absolute atomic E-state index is 0.114. The Morgan fingerprint density at radius 3 is 2.95 bits per heavy atom. The summed E-state index contributed by atoms with van der Waals surface area (Å²) in [6.45, 7) is 0.276. The van der Waals surface area contributed by atoms with Crippen molar-refractivity contribution in [3.8, 4) is 5.75 Å². The number of carbonyl (C=O) groups is 1. The molecule has 1 fully saturated rings. The van der Waals surface area contributed by atoms with Crippen LogP contribution in [0, 0.1) is 11.7 Å². The minimum atomic E-state index is -1.15. The molecule has 0 aromatic heterocycles. The first-order valence-corrected chi connectivity index (χ1v) is 6.43. The number of benzene rings is 1. The van der Waals surface area contributed by atoms with E-state index in [0.29, 0.717) is 12.8 Å². The summed E-state index contributed by atoms with van der Waals surface area (Å²) in [4.78, 5) is 11.2. The highest BCUT2D eigenvalue weighted by atomic mass is 19.1. The number of hydrogen-bond donors (Lipinski definition) is 2. The predicted octanol–water partition coefficient (Wildman–Crippen LogP) is 2.18. The van der Waals surface area contributed by atoms with Crippen molar-refractivity contribution in [1.29, 1.82) is 0 Å². The van der Waals surface area contributed by atoms with Crippen LogP contribution in [0.3, 0.4) is 0 Å². The smallest absolute Gasteiger partial charge is 0.323 e. The number of para-hydroxylation sites is 1. The Morgan fingerprint density at radius 2 is 2.26 bits per heavy atom. The second kappa shape index (κ2) is 5.57. The van der Waals surface area contributed by atoms with Gasteiger partial charge in [0, 0.05) is 0 Å². The number of hydrogen-bond acceptors (Lipinski definition) is 3. The van der Waals surface area contributed by atoms with Gasteiger partial charge in [-0.05, 0) is 37.3 Å². The number of nitrogens with two attached hydrogens (primary N) is 1. The molecular formula is C14H18FNO3. The SMILES string of the molecule is NC1(C(=O)O)CCCC1CCOc1ccccc1F. The van der Waals surface area contributed by atoms with Crippen molar-refractivity contribution >= 4 is 5.97 Å². The van der Waals surface area contributed by atoms with Gasteiger partial charge in [-0.25, -0.2) is 4.39 Å². The van der Waals surface area contributed by atoms with Crippen LogP contribution in [-0.4, -0.2) is 23.2 Å². The van der Waals surface area contributed by atoms with E-state index >= 15 is 0 Å². The Labute approximate surface area is 111 Å². The van der Waals surface area contributed by atoms with Crippen LogP contribution in [0.15, 0.2) is 24.3 Å². The molecular weight excluding hydrogens is 249 g/mol. The van der Waals surface area contributed by atoms with Crippen LogP contribution in [0.1, 0.15) is 25.7 Å². The third-order valence-electron chi connectivity index (χ3n) is 3.83. The van der Waals surface area contributed by atoms with Crippen LogP contribution in [-0.2, 0) is 4.79 Å². The lowest BCUT2D eigenvalue weighted by Crippen LogP contribution is -2.51. The Balaban J connectivity index is 1.89. The predicted molar refractivity (Wildman–Crippen MR) is 68.4 cm³/mol. The second-order valence-electron chi connectivity index (χ2n) is 5.00. The highest BCUT2D eigenvalue weighted by Gasteiger charge is 2.45. The van der Waals surface area contributed by atoms with Crippen molar-refractivity contribution in [3.63, 3.8) is 0 Å². The van der Waals surface area contributed by atoms with Crippen LogP contribution >= 0.6 is 0 Å². The lowest BCUT2D eigenvalue weighted by Gasteiger charge is -2.26. The van der Waals surface area contributed by atoms with Gasteiger partial charge in [-0.15, -0.1) is 0 Å². The Hall–Kier alpha value is -1.62. The first-order valence-electron chi connectivity index (χ1n) is 6.43. The lowest BCUT2D eigenvalue weighted by molar-refractivity contribution is -0.144. The molecule has 19 heavy (non-hydrogen) atoms. The molecule has 104 valence electrons. The molecule has 0 amide bonds. The summed E-state index contributed by atoms with van der Waals surface area (Å²) in [5.41, 5.74) is 4.77. The van der Waals surface area contributed by atoms with E-state index < -0.39 is 17.3 Å². The molecule has 0 bridgehead atoms. The van der Waals surface area contributed by atoms with Gasteiger partial charge in [-0.1, -0.05) is 18.6 Å². The van der Waals surface area contributed by atoms with Gasteiger partial charge in [0.15, 0.2) is 11.6 Å². The van der Waals surface area contributed by atoms with Gasteiger partial charge in [-0.3, -0.25) is 4.79 Å². The summed E-state index contributed by atoms with van der Waals surface area (Å²) in [6, 6.07) is 6.17. The average molecular weight is 267 g/mol. The zero-order valence-corrected chi connectivity index (χ0v) is 10.6. The molecule has 2 rings (SSSR count). The number of rotatable bonds is 5. The topological polar surface area (TPSA) is 72.6 Å². The third-order valence-corrected chi connectivity index (χ3v) is 3.83. The van der Waals surface area contributed by atoms with Crippen molar-refractivity contribution in [2.45, 2.75) is 31.2 Å². The maximum absolute atomic E-state index is 13.3. The Morgan fingerprint density at radius 1 is 1.53 bits per heavy atom. The fourth-order valence-corrected chi connectivity index (χ4v) is 2.66. The fraction of sp³-hybridized carbons (Fsp3) is 0.500. The highest BCUT2D eigenvalue weighted by molar-refractivity contribution is 5.79. The van der Waals surface area contributed by atoms with Gasteiger partial charge in [0.05, 0.1) is 6.61 Å². The second-order valence-corrected chi connectivity index (χ2v) is 5.00. The average Bonchev–Trinajstić information content (AvgIpc) is 2.75. The number of ether oxygens (including phenoxy) is 1. The summed E-state index contributed by atoms with van der Waals surface area (Å²) < 4.78 is 18.7. The molecule has 0 aliphatic heterocycles. The molecule has 0 radical (unpaired) electrons. The van der Waals surface area contributed by atoms with E-state index in [4.69, 9.17) is 10.5 Å². The first-order chi connectivity index (χ1) is 9.04. The molecule has 1 aliphatic rings. The van der Waals surface area contributed by atoms with Crippen molar-refractivity contribution < 1.29 is 19.0 Å². The summed E-state index contributed by atoms with van der Waals surface area (Å²) in [5.74, 6) is -1.29. The van der Waals surface area contributed by atoms with Crippen molar-refractivity contribution in [2.75, 3.05) is 6.61 Å². The molecule has 1 saturated carbocycles. The number of carboxylic acid groups (broad SMARTS) is 1. The normalized spacial score (nSPS) is 26.3. The van der Waals surface area contributed by atoms with Gasteiger partial charge >= 0.3 is 5.97 Å². The molecule has 2 atom stereocenters. The standard InChI is InChI=1S/C14H18FNO3/c15-11-5-1-2-6-12(11)19-9-7-10-4-3-8-14(10,16)13(17)18/h1-2,5-6,10H,3-4,7-9,16H2,(H,17,18). The van der Waals surface area contributed by atoms with Crippen LogP contribution in [0.2, 0.25) is 0 Å². The lowest BCUT2D eigenvalue weighted by atomic mass is 9.86. The van der Waals surface area contributed by atoms with Crippen molar-refractivity contribution in [1.82, 2.24) is 0 Å². The van der Waals surface area contributed by atoms with Crippen molar-refractivity contribution in [2.24, 2.45) is 11.7 Å². The maximum Gasteiger partial charge on any atom is 0.323 e. The van der Waals surface area contributed by atoms with E-state index in [1.165, 1.54) is 6.07 Å². The monoisotopic (exact) mass is 267 g/mol. The van der Waals surface area contributed by atoms with Gasteiger partial charge in [0.1, 0.15) is 5.54 Å². The summed E-state index contributed by atoms with van der Waals surface area (Å²) in [5, 5.41) is 9.18. The molecule has 1 aromatic rings. The van der Waals surface area contributed by atoms with Crippen LogP contribution in [0.25, 0.3) is 0 Å². The van der Waals surface area contributed by atoms with E-state index in [1.807, 2.05) is 0 Å². The molecule has 4 nitrogen and oxygen atoms in total. The summed E-state index contributed by atoms with van der Waals surface area (Å²) in [6.07, 6.45) is 2.61. The summed E-state index contributed by atoms with van der Waals surface area (Å²) >= 11 is 0. The van der Waals surface area contributed by atoms with Crippen LogP contribution in [0.4, 0.5) is 4.39 Å². The van der Waals surface area contributed by atoms with Crippen LogP contribution < -0.4 is 10.5 Å². The fourth-order valence-electron chi connectivity index (χ4n) is 2.66. The highest BCUT2D eigenvalue weighted by Crippen LogP contribution is 2.36. The van der Waals surface area contributed by atoms with E-state index in [-0.39, 0.29) is 18.3 Å². The number of carboxylic acids is 1. The van der Waals surface area contributed by atoms with E-state index in [0.717, 1.165) is 12.8 Å². The van der Waals surface area contributed by atoms with Gasteiger partial charge in [-0.2, -0.15) is 0 Å². The zero-order valence-electron chi connectivity index (χ0n) is 10.6. The molecule has 0 saturated heterocycles. The van der Waals surface area contributed by atoms with Gasteiger partial charge < -0.3 is 15.6 Å². The minimum Gasteiger partial charge on any atom is -0.491 e. The van der Waals surface area contributed by atoms with E-state index in [2.05, 4.69) is 0 Å². The zero-order chi connectivity index (χ0) is 13.9. The summed E-state index contributed by atoms with van der Waals surface area (Å²) in [7, 11) is 0. The molecule has 0 spiro atoms. The maximum atomic E-state index is 13.3. The quantitative estimate of drug-likeness (QED) is 0.857. The van der Waals surface area contributed by atoms with Gasteiger partial charge in [0.25, 0.3) is 0 Å². The molecule has 2 unspecified atom stereocenters. The van der Waals surface area contributed by atoms with Crippen molar-refractivity contribution in [3.05, 3.63) is 30.1 Å². The largest absolute Gasteiger partial charge is 0.491 e. The number of halogens is 1. The molecule has 0 heterocycles. The van der Waals surface area contributed by atoms with Gasteiger partial charge in [0.2, 0.25) is 0 Å². The van der Waals surface area contributed by atoms with E-state index in [1.54, 1.807) is 18.2 Å². The Bertz CT molecular complexity index is 466. The molecule has 3 N–H and O–H groups in total. The Kier molecular flexibility index (Phi) is 4.04. The van der Waals surface area contributed by atoms with Crippen LogP contribution in [0.5, 0.6) is 5.75 Å². The molecule has 5 heteroatoms. The first kappa shape index (κ1) is 13.8. The third kappa shape index (κ3) is 2.87. The molecule has 1 aromatic carbocycles.